The molecule has 0 radical (unpaired) electrons. The Kier molecular flexibility index (Phi) is 51.8. The number of rotatable bonds is 59. The average Bonchev–Trinajstić information content (AvgIpc) is 3.41. The molecule has 0 spiro atoms. The standard InChI is InChI=1S/C59H114O17P2/c1-6-10-13-16-18-19-20-21-25-29-33-38-43-57(62)70-49-55(76-59(64)45-40-35-30-26-23-22-24-28-32-36-41-52(5)9-4)51-74-78(67,68)72-47-53(60)46-71-77(65,66)73-50-54(48-69-56(61)42-37-31-15-12-8-3)75-58(63)44-39-34-27-17-14-11-7-2/h52-55,60H,6-51H2,1-5H3,(H,65,66)(H,67,68)/t52?,53-,54+,55+/m0/s1. The molecule has 0 saturated heterocycles. The van der Waals surface area contributed by atoms with Crippen LogP contribution >= 0.6 is 15.6 Å². The van der Waals surface area contributed by atoms with Gasteiger partial charge in [-0.1, -0.05) is 240 Å². The Morgan fingerprint density at radius 3 is 0.910 bits per heavy atom. The van der Waals surface area contributed by atoms with Crippen molar-refractivity contribution in [3.8, 4) is 0 Å². The van der Waals surface area contributed by atoms with Gasteiger partial charge < -0.3 is 33.8 Å². The molecule has 6 atom stereocenters. The molecule has 0 saturated carbocycles. The first-order valence-electron chi connectivity index (χ1n) is 31.2. The summed E-state index contributed by atoms with van der Waals surface area (Å²) in [5, 5.41) is 10.5. The number of hydrogen-bond donors (Lipinski definition) is 3. The zero-order valence-corrected chi connectivity index (χ0v) is 51.6. The Morgan fingerprint density at radius 2 is 0.615 bits per heavy atom. The van der Waals surface area contributed by atoms with Crippen LogP contribution in [-0.4, -0.2) is 96.7 Å². The Labute approximate surface area is 473 Å². The second-order valence-electron chi connectivity index (χ2n) is 21.6. The van der Waals surface area contributed by atoms with E-state index in [2.05, 4.69) is 34.6 Å². The first-order valence-corrected chi connectivity index (χ1v) is 34.2. The van der Waals surface area contributed by atoms with E-state index in [9.17, 15) is 43.2 Å². The normalized spacial score (nSPS) is 14.7. The Bertz CT molecular complexity index is 1540. The van der Waals surface area contributed by atoms with E-state index in [1.54, 1.807) is 0 Å². The number of aliphatic hydroxyl groups excluding tert-OH is 1. The molecule has 0 bridgehead atoms. The molecule has 0 aromatic carbocycles. The molecule has 0 rings (SSSR count). The zero-order valence-electron chi connectivity index (χ0n) is 49.8. The number of carbonyl (C=O) groups excluding carboxylic acids is 4. The predicted octanol–water partition coefficient (Wildman–Crippen LogP) is 15.8. The number of aliphatic hydroxyl groups is 1. The van der Waals surface area contributed by atoms with Gasteiger partial charge >= 0.3 is 39.5 Å². The Morgan fingerprint density at radius 1 is 0.359 bits per heavy atom. The summed E-state index contributed by atoms with van der Waals surface area (Å²) < 4.78 is 67.5. The molecule has 0 aromatic heterocycles. The van der Waals surface area contributed by atoms with Crippen molar-refractivity contribution in [1.82, 2.24) is 0 Å². The summed E-state index contributed by atoms with van der Waals surface area (Å²) in [5.41, 5.74) is 0. The lowest BCUT2D eigenvalue weighted by molar-refractivity contribution is -0.161. The topological polar surface area (TPSA) is 237 Å². The van der Waals surface area contributed by atoms with Crippen molar-refractivity contribution in [3.63, 3.8) is 0 Å². The van der Waals surface area contributed by atoms with Gasteiger partial charge in [0.1, 0.15) is 19.3 Å². The summed E-state index contributed by atoms with van der Waals surface area (Å²) in [6, 6.07) is 0. The predicted molar refractivity (Wildman–Crippen MR) is 308 cm³/mol. The molecule has 0 aliphatic heterocycles. The highest BCUT2D eigenvalue weighted by Crippen LogP contribution is 2.45. The van der Waals surface area contributed by atoms with Crippen molar-refractivity contribution in [2.45, 2.75) is 310 Å². The van der Waals surface area contributed by atoms with E-state index in [-0.39, 0.29) is 25.7 Å². The average molecular weight is 1160 g/mol. The second-order valence-corrected chi connectivity index (χ2v) is 24.5. The van der Waals surface area contributed by atoms with Crippen molar-refractivity contribution < 1.29 is 80.2 Å². The van der Waals surface area contributed by atoms with Crippen molar-refractivity contribution in [3.05, 3.63) is 0 Å². The lowest BCUT2D eigenvalue weighted by atomic mass is 9.99. The van der Waals surface area contributed by atoms with Crippen LogP contribution in [0.2, 0.25) is 0 Å². The van der Waals surface area contributed by atoms with Crippen LogP contribution < -0.4 is 0 Å². The van der Waals surface area contributed by atoms with Crippen LogP contribution in [0.4, 0.5) is 0 Å². The first kappa shape index (κ1) is 76.1. The zero-order chi connectivity index (χ0) is 57.8. The summed E-state index contributed by atoms with van der Waals surface area (Å²) in [6.07, 6.45) is 35.2. The smallest absolute Gasteiger partial charge is 0.462 e. The molecule has 0 aliphatic carbocycles. The maximum Gasteiger partial charge on any atom is 0.472 e. The Hall–Kier alpha value is -1.94. The molecule has 17 nitrogen and oxygen atoms in total. The van der Waals surface area contributed by atoms with Gasteiger partial charge in [0.15, 0.2) is 12.2 Å². The number of ether oxygens (including phenoxy) is 4. The van der Waals surface area contributed by atoms with Gasteiger partial charge in [0, 0.05) is 25.7 Å². The van der Waals surface area contributed by atoms with Gasteiger partial charge in [-0.25, -0.2) is 9.13 Å². The van der Waals surface area contributed by atoms with Crippen LogP contribution in [0.1, 0.15) is 291 Å². The molecular weight excluding hydrogens is 1040 g/mol. The summed E-state index contributed by atoms with van der Waals surface area (Å²) in [5.74, 6) is -1.35. The van der Waals surface area contributed by atoms with E-state index in [4.69, 9.17) is 37.0 Å². The van der Waals surface area contributed by atoms with Gasteiger partial charge in [0.25, 0.3) is 0 Å². The van der Waals surface area contributed by atoms with E-state index in [0.717, 1.165) is 115 Å². The quantitative estimate of drug-likeness (QED) is 0.0222. The molecular formula is C59H114O17P2. The van der Waals surface area contributed by atoms with Gasteiger partial charge in [-0.2, -0.15) is 0 Å². The maximum atomic E-state index is 12.9. The largest absolute Gasteiger partial charge is 0.472 e. The highest BCUT2D eigenvalue weighted by Gasteiger charge is 2.30. The number of esters is 4. The van der Waals surface area contributed by atoms with E-state index < -0.39 is 97.5 Å². The monoisotopic (exact) mass is 1160 g/mol. The minimum absolute atomic E-state index is 0.103. The maximum absolute atomic E-state index is 12.9. The lowest BCUT2D eigenvalue weighted by Gasteiger charge is -2.21. The van der Waals surface area contributed by atoms with Gasteiger partial charge in [0.2, 0.25) is 0 Å². The van der Waals surface area contributed by atoms with E-state index in [0.29, 0.717) is 25.7 Å². The molecule has 0 aliphatic rings. The first-order chi connectivity index (χ1) is 37.6. The molecule has 0 aromatic rings. The molecule has 0 heterocycles. The molecule has 3 N–H and O–H groups in total. The summed E-state index contributed by atoms with van der Waals surface area (Å²) in [4.78, 5) is 71.6. The van der Waals surface area contributed by atoms with Crippen molar-refractivity contribution in [2.24, 2.45) is 5.92 Å². The highest BCUT2D eigenvalue weighted by atomic mass is 31.2. The fourth-order valence-electron chi connectivity index (χ4n) is 8.67. The van der Waals surface area contributed by atoms with Crippen LogP contribution in [0.5, 0.6) is 0 Å². The van der Waals surface area contributed by atoms with Crippen LogP contribution in [0.25, 0.3) is 0 Å². The Balaban J connectivity index is 5.17. The van der Waals surface area contributed by atoms with Gasteiger partial charge in [-0.3, -0.25) is 37.3 Å². The molecule has 0 amide bonds. The second kappa shape index (κ2) is 53.1. The third-order valence-electron chi connectivity index (χ3n) is 13.9. The molecule has 0 fully saturated rings. The number of phosphoric ester groups is 2. The van der Waals surface area contributed by atoms with Crippen molar-refractivity contribution in [2.75, 3.05) is 39.6 Å². The molecule has 78 heavy (non-hydrogen) atoms. The third kappa shape index (κ3) is 52.2. The summed E-state index contributed by atoms with van der Waals surface area (Å²) >= 11 is 0. The lowest BCUT2D eigenvalue weighted by Crippen LogP contribution is -2.30. The number of carbonyl (C=O) groups is 4. The number of phosphoric acid groups is 2. The van der Waals surface area contributed by atoms with E-state index in [1.165, 1.54) is 96.3 Å². The number of unbranched alkanes of at least 4 members (excludes halogenated alkanes) is 30. The van der Waals surface area contributed by atoms with Gasteiger partial charge in [-0.05, 0) is 31.6 Å². The minimum atomic E-state index is -4.94. The van der Waals surface area contributed by atoms with Gasteiger partial charge in [0.05, 0.1) is 26.4 Å². The van der Waals surface area contributed by atoms with Crippen LogP contribution in [-0.2, 0) is 65.4 Å². The fourth-order valence-corrected chi connectivity index (χ4v) is 10.2. The van der Waals surface area contributed by atoms with Crippen LogP contribution in [0, 0.1) is 5.92 Å². The number of hydrogen-bond acceptors (Lipinski definition) is 15. The SMILES string of the molecule is CCCCCCCCCCCCCCC(=O)OC[C@H](COP(=O)(O)OC[C@@H](O)COP(=O)(O)OC[C@@H](COC(=O)CCCCCCC)OC(=O)CCCCCCCCC)OC(=O)CCCCCCCCCCCCC(C)CC. The van der Waals surface area contributed by atoms with Crippen LogP contribution in [0.3, 0.4) is 0 Å². The molecule has 3 unspecified atom stereocenters. The van der Waals surface area contributed by atoms with Crippen LogP contribution in [0.15, 0.2) is 0 Å². The van der Waals surface area contributed by atoms with E-state index in [1.807, 2.05) is 0 Å². The van der Waals surface area contributed by atoms with Gasteiger partial charge in [-0.15, -0.1) is 0 Å². The summed E-state index contributed by atoms with van der Waals surface area (Å²) in [6.45, 7) is 7.05. The van der Waals surface area contributed by atoms with Crippen molar-refractivity contribution in [1.29, 1.82) is 0 Å². The molecule has 19 heteroatoms. The summed E-state index contributed by atoms with van der Waals surface area (Å²) in [7, 11) is -9.86. The fraction of sp³-hybridized carbons (Fsp3) is 0.932. The highest BCUT2D eigenvalue weighted by molar-refractivity contribution is 7.47. The molecule has 462 valence electrons. The third-order valence-corrected chi connectivity index (χ3v) is 15.8. The van der Waals surface area contributed by atoms with Crippen molar-refractivity contribution >= 4 is 39.5 Å². The minimum Gasteiger partial charge on any atom is -0.462 e. The van der Waals surface area contributed by atoms with E-state index >= 15 is 0 Å².